The maximum absolute atomic E-state index is 9.98. The van der Waals surface area contributed by atoms with Gasteiger partial charge >= 0.3 is 0 Å². The molecule has 2 heterocycles. The normalized spacial score (nSPS) is 24.1. The van der Waals surface area contributed by atoms with Crippen molar-refractivity contribution in [3.63, 3.8) is 0 Å². The van der Waals surface area contributed by atoms with E-state index in [1.807, 2.05) is 0 Å². The average molecular weight is 381 g/mol. The largest absolute Gasteiger partial charge is 0.396 e. The van der Waals surface area contributed by atoms with Crippen LogP contribution in [0.2, 0.25) is 0 Å². The van der Waals surface area contributed by atoms with E-state index in [2.05, 4.69) is 70.5 Å². The molecule has 2 atom stereocenters. The van der Waals surface area contributed by atoms with Gasteiger partial charge in [-0.1, -0.05) is 60.7 Å². The first kappa shape index (κ1) is 19.6. The number of rotatable bonds is 7. The first-order valence-electron chi connectivity index (χ1n) is 10.6. The number of likely N-dealkylation sites (tertiary alicyclic amines) is 1. The van der Waals surface area contributed by atoms with E-state index >= 15 is 0 Å². The highest BCUT2D eigenvalue weighted by Crippen LogP contribution is 2.30. The summed E-state index contributed by atoms with van der Waals surface area (Å²) in [5, 5.41) is 9.98. The topological polar surface area (TPSA) is 35.9 Å². The van der Waals surface area contributed by atoms with Gasteiger partial charge in [0.1, 0.15) is 0 Å². The molecule has 0 saturated carbocycles. The first-order chi connectivity index (χ1) is 13.8. The molecule has 2 saturated heterocycles. The Kier molecular flexibility index (Phi) is 6.76. The second-order valence-electron chi connectivity index (χ2n) is 8.21. The van der Waals surface area contributed by atoms with Crippen LogP contribution < -0.4 is 0 Å². The second kappa shape index (κ2) is 9.66. The lowest BCUT2D eigenvalue weighted by atomic mass is 9.91. The SMILES string of the molecule is OC[C@@H]1CN(CC(c2ccccc2)c2ccccc2)C[C@@H]1CN1CCOCC1. The van der Waals surface area contributed by atoms with Crippen molar-refractivity contribution in [1.82, 2.24) is 9.80 Å². The molecule has 28 heavy (non-hydrogen) atoms. The van der Waals surface area contributed by atoms with Crippen molar-refractivity contribution in [2.45, 2.75) is 5.92 Å². The average Bonchev–Trinajstić information content (AvgIpc) is 3.15. The van der Waals surface area contributed by atoms with Crippen molar-refractivity contribution in [2.24, 2.45) is 11.8 Å². The number of hydrogen-bond acceptors (Lipinski definition) is 4. The minimum absolute atomic E-state index is 0.285. The molecule has 0 aromatic heterocycles. The summed E-state index contributed by atoms with van der Waals surface area (Å²) in [4.78, 5) is 5.07. The summed E-state index contributed by atoms with van der Waals surface area (Å²) >= 11 is 0. The second-order valence-corrected chi connectivity index (χ2v) is 8.21. The molecule has 2 aliphatic rings. The quantitative estimate of drug-likeness (QED) is 0.801. The molecule has 0 spiro atoms. The summed E-state index contributed by atoms with van der Waals surface area (Å²) in [6, 6.07) is 21.7. The molecule has 2 aromatic rings. The maximum atomic E-state index is 9.98. The monoisotopic (exact) mass is 380 g/mol. The van der Waals surface area contributed by atoms with E-state index in [1.165, 1.54) is 11.1 Å². The Bertz CT molecular complexity index is 664. The Morgan fingerprint density at radius 2 is 1.39 bits per heavy atom. The van der Waals surface area contributed by atoms with Crippen molar-refractivity contribution in [2.75, 3.05) is 59.1 Å². The van der Waals surface area contributed by atoms with E-state index in [9.17, 15) is 5.11 Å². The predicted octanol–water partition coefficient (Wildman–Crippen LogP) is 2.69. The summed E-state index contributed by atoms with van der Waals surface area (Å²) in [7, 11) is 0. The van der Waals surface area contributed by atoms with E-state index in [4.69, 9.17) is 4.74 Å². The number of morpholine rings is 1. The lowest BCUT2D eigenvalue weighted by Gasteiger charge is -2.30. The zero-order chi connectivity index (χ0) is 19.2. The van der Waals surface area contributed by atoms with Crippen LogP contribution in [0.3, 0.4) is 0 Å². The Morgan fingerprint density at radius 1 is 0.821 bits per heavy atom. The molecule has 2 aliphatic heterocycles. The van der Waals surface area contributed by atoms with E-state index in [-0.39, 0.29) is 6.61 Å². The number of aliphatic hydroxyl groups excluding tert-OH is 1. The van der Waals surface area contributed by atoms with E-state index in [0.717, 1.165) is 52.5 Å². The first-order valence-corrected chi connectivity index (χ1v) is 10.6. The van der Waals surface area contributed by atoms with Gasteiger partial charge in [-0.05, 0) is 23.0 Å². The molecule has 0 bridgehead atoms. The van der Waals surface area contributed by atoms with Crippen LogP contribution in [0.1, 0.15) is 17.0 Å². The number of hydrogen-bond donors (Lipinski definition) is 1. The molecule has 2 aromatic carbocycles. The highest BCUT2D eigenvalue weighted by atomic mass is 16.5. The Balaban J connectivity index is 1.46. The van der Waals surface area contributed by atoms with Gasteiger partial charge in [-0.25, -0.2) is 0 Å². The van der Waals surface area contributed by atoms with Gasteiger partial charge in [0.15, 0.2) is 0 Å². The standard InChI is InChI=1S/C24H32N2O2/c27-19-23-17-26(16-22(23)15-25-11-13-28-14-12-25)18-24(20-7-3-1-4-8-20)21-9-5-2-6-10-21/h1-10,22-24,27H,11-19H2/t22-,23-/m0/s1. The summed E-state index contributed by atoms with van der Waals surface area (Å²) < 4.78 is 5.49. The molecule has 4 heteroatoms. The molecule has 4 nitrogen and oxygen atoms in total. The summed E-state index contributed by atoms with van der Waals surface area (Å²) in [5.74, 6) is 1.27. The number of nitrogens with zero attached hydrogens (tertiary/aromatic N) is 2. The van der Waals surface area contributed by atoms with Crippen LogP contribution in [0.15, 0.2) is 60.7 Å². The zero-order valence-electron chi connectivity index (χ0n) is 16.6. The van der Waals surface area contributed by atoms with Crippen LogP contribution in [-0.2, 0) is 4.74 Å². The fourth-order valence-electron chi connectivity index (χ4n) is 4.75. The van der Waals surface area contributed by atoms with Crippen LogP contribution in [0.4, 0.5) is 0 Å². The fourth-order valence-corrected chi connectivity index (χ4v) is 4.75. The molecule has 0 amide bonds. The summed E-state index contributed by atoms with van der Waals surface area (Å²) in [5.41, 5.74) is 2.73. The molecule has 0 unspecified atom stereocenters. The Labute approximate surface area is 168 Å². The summed E-state index contributed by atoms with van der Waals surface area (Å²) in [6.07, 6.45) is 0. The van der Waals surface area contributed by atoms with Gasteiger partial charge in [-0.2, -0.15) is 0 Å². The molecule has 4 rings (SSSR count). The Hall–Kier alpha value is -1.72. The number of benzene rings is 2. The molecule has 0 aliphatic carbocycles. The van der Waals surface area contributed by atoms with Gasteiger partial charge in [-0.15, -0.1) is 0 Å². The minimum atomic E-state index is 0.285. The van der Waals surface area contributed by atoms with E-state index in [1.54, 1.807) is 0 Å². The minimum Gasteiger partial charge on any atom is -0.396 e. The van der Waals surface area contributed by atoms with Crippen LogP contribution in [0, 0.1) is 11.8 Å². The van der Waals surface area contributed by atoms with E-state index < -0.39 is 0 Å². The molecule has 2 fully saturated rings. The van der Waals surface area contributed by atoms with Crippen LogP contribution in [0.5, 0.6) is 0 Å². The van der Waals surface area contributed by atoms with Gasteiger partial charge in [0, 0.05) is 51.8 Å². The van der Waals surface area contributed by atoms with Gasteiger partial charge in [0.05, 0.1) is 13.2 Å². The van der Waals surface area contributed by atoms with Crippen molar-refractivity contribution in [1.29, 1.82) is 0 Å². The van der Waals surface area contributed by atoms with Crippen molar-refractivity contribution in [3.05, 3.63) is 71.8 Å². The third-order valence-electron chi connectivity index (χ3n) is 6.33. The highest BCUT2D eigenvalue weighted by molar-refractivity contribution is 5.32. The lowest BCUT2D eigenvalue weighted by molar-refractivity contribution is 0.0265. The molecular formula is C24H32N2O2. The van der Waals surface area contributed by atoms with Crippen molar-refractivity contribution >= 4 is 0 Å². The lowest BCUT2D eigenvalue weighted by Crippen LogP contribution is -2.41. The maximum Gasteiger partial charge on any atom is 0.0594 e. The van der Waals surface area contributed by atoms with Crippen molar-refractivity contribution < 1.29 is 9.84 Å². The van der Waals surface area contributed by atoms with Gasteiger partial charge in [0.2, 0.25) is 0 Å². The fraction of sp³-hybridized carbons (Fsp3) is 0.500. The highest BCUT2D eigenvalue weighted by Gasteiger charge is 2.35. The van der Waals surface area contributed by atoms with E-state index in [0.29, 0.717) is 17.8 Å². The number of aliphatic hydroxyl groups is 1. The molecule has 1 N–H and O–H groups in total. The van der Waals surface area contributed by atoms with Crippen LogP contribution >= 0.6 is 0 Å². The summed E-state index contributed by atoms with van der Waals surface area (Å²) in [6.45, 7) is 8.13. The number of ether oxygens (including phenoxy) is 1. The van der Waals surface area contributed by atoms with Crippen LogP contribution in [-0.4, -0.2) is 74.0 Å². The molecule has 150 valence electrons. The smallest absolute Gasteiger partial charge is 0.0594 e. The molecule has 0 radical (unpaired) electrons. The van der Waals surface area contributed by atoms with Gasteiger partial charge < -0.3 is 14.7 Å². The third kappa shape index (κ3) is 4.81. The zero-order valence-corrected chi connectivity index (χ0v) is 16.6. The van der Waals surface area contributed by atoms with Crippen LogP contribution in [0.25, 0.3) is 0 Å². The third-order valence-corrected chi connectivity index (χ3v) is 6.33. The Morgan fingerprint density at radius 3 is 1.96 bits per heavy atom. The van der Waals surface area contributed by atoms with Gasteiger partial charge in [0.25, 0.3) is 0 Å². The van der Waals surface area contributed by atoms with Gasteiger partial charge in [-0.3, -0.25) is 4.90 Å². The van der Waals surface area contributed by atoms with Crippen molar-refractivity contribution in [3.8, 4) is 0 Å². The molecular weight excluding hydrogens is 348 g/mol. The predicted molar refractivity (Wildman–Crippen MR) is 112 cm³/mol.